The minimum absolute atomic E-state index is 0.111. The lowest BCUT2D eigenvalue weighted by Gasteiger charge is -2.14. The minimum Gasteiger partial charge on any atom is -0.403 e. The Labute approximate surface area is 200 Å². The number of carbonyl (C=O) groups is 1. The lowest BCUT2D eigenvalue weighted by atomic mass is 10.1. The van der Waals surface area contributed by atoms with E-state index in [1.807, 2.05) is 0 Å². The van der Waals surface area contributed by atoms with Crippen LogP contribution in [0, 0.1) is 0 Å². The Bertz CT molecular complexity index is 1310. The van der Waals surface area contributed by atoms with Crippen molar-refractivity contribution in [2.75, 3.05) is 17.7 Å². The van der Waals surface area contributed by atoms with Gasteiger partial charge in [0.1, 0.15) is 4.60 Å². The van der Waals surface area contributed by atoms with Crippen molar-refractivity contribution in [2.45, 2.75) is 6.54 Å². The molecule has 3 heterocycles. The number of pyridine rings is 1. The number of halogens is 3. The van der Waals surface area contributed by atoms with E-state index in [1.54, 1.807) is 37.5 Å². The molecule has 0 fully saturated rings. The number of hydrogen-bond donors (Lipinski definition) is 3. The Hall–Kier alpha value is -2.99. The number of anilines is 2. The van der Waals surface area contributed by atoms with Crippen molar-refractivity contribution in [2.24, 2.45) is 5.73 Å². The van der Waals surface area contributed by atoms with E-state index in [4.69, 9.17) is 33.4 Å². The number of nitrogens with zero attached hydrogens (tertiary/aromatic N) is 5. The molecule has 0 aliphatic heterocycles. The molecule has 32 heavy (non-hydrogen) atoms. The third-order valence-corrected chi connectivity index (χ3v) is 5.48. The van der Waals surface area contributed by atoms with Gasteiger partial charge in [-0.2, -0.15) is 5.10 Å². The van der Waals surface area contributed by atoms with Crippen LogP contribution in [0.25, 0.3) is 17.3 Å². The van der Waals surface area contributed by atoms with E-state index in [0.717, 1.165) is 0 Å². The van der Waals surface area contributed by atoms with Gasteiger partial charge in [-0.25, -0.2) is 9.67 Å². The third kappa shape index (κ3) is 4.32. The summed E-state index contributed by atoms with van der Waals surface area (Å²) in [5.74, 6) is 0.0906. The number of hydrogen-bond acceptors (Lipinski definition) is 8. The summed E-state index contributed by atoms with van der Waals surface area (Å²) in [6.45, 7) is 0.111. The van der Waals surface area contributed by atoms with Crippen LogP contribution in [0.15, 0.2) is 45.7 Å². The van der Waals surface area contributed by atoms with Crippen LogP contribution in [0.4, 0.5) is 11.7 Å². The first-order valence-corrected chi connectivity index (χ1v) is 10.7. The Morgan fingerprint density at radius 2 is 2.12 bits per heavy atom. The zero-order valence-electron chi connectivity index (χ0n) is 16.4. The van der Waals surface area contributed by atoms with E-state index in [1.165, 1.54) is 10.9 Å². The van der Waals surface area contributed by atoms with Crippen molar-refractivity contribution in [3.8, 4) is 17.3 Å². The molecule has 3 aromatic heterocycles. The maximum atomic E-state index is 13.2. The van der Waals surface area contributed by atoms with E-state index in [-0.39, 0.29) is 24.0 Å². The number of rotatable bonds is 6. The van der Waals surface area contributed by atoms with Crippen LogP contribution in [0.3, 0.4) is 0 Å². The van der Waals surface area contributed by atoms with Crippen LogP contribution in [0.5, 0.6) is 0 Å². The number of amides is 1. The Kier molecular flexibility index (Phi) is 6.42. The zero-order chi connectivity index (χ0) is 22.8. The summed E-state index contributed by atoms with van der Waals surface area (Å²) < 4.78 is 7.28. The second kappa shape index (κ2) is 9.25. The molecule has 0 bridgehead atoms. The van der Waals surface area contributed by atoms with E-state index < -0.39 is 5.91 Å². The lowest BCUT2D eigenvalue weighted by Crippen LogP contribution is -2.15. The molecule has 13 heteroatoms. The van der Waals surface area contributed by atoms with Crippen molar-refractivity contribution < 1.29 is 9.21 Å². The highest BCUT2D eigenvalue weighted by atomic mass is 79.9. The van der Waals surface area contributed by atoms with Crippen molar-refractivity contribution in [1.29, 1.82) is 0 Å². The molecule has 0 saturated heterocycles. The predicted molar refractivity (Wildman–Crippen MR) is 124 cm³/mol. The number of nitrogens with two attached hydrogens (primary N) is 1. The molecule has 164 valence electrons. The SMILES string of the molecule is CNc1nnc(-c2cc(Cl)cc(CN)c2NC(=O)c2cn(-c3ncccc3Cl)nc2Br)o1. The molecule has 0 aliphatic rings. The molecule has 4 rings (SSSR count). The molecule has 1 amide bonds. The van der Waals surface area contributed by atoms with Gasteiger partial charge in [-0.3, -0.25) is 4.79 Å². The molecule has 1 aromatic carbocycles. The summed E-state index contributed by atoms with van der Waals surface area (Å²) in [5.41, 5.74) is 7.55. The van der Waals surface area contributed by atoms with Crippen molar-refractivity contribution in [1.82, 2.24) is 25.0 Å². The monoisotopic (exact) mass is 536 g/mol. The molecule has 0 spiro atoms. The van der Waals surface area contributed by atoms with Crippen LogP contribution in [-0.4, -0.2) is 37.9 Å². The van der Waals surface area contributed by atoms with Gasteiger partial charge in [-0.1, -0.05) is 28.3 Å². The Balaban J connectivity index is 1.73. The van der Waals surface area contributed by atoms with Gasteiger partial charge in [0.05, 0.1) is 21.8 Å². The van der Waals surface area contributed by atoms with Crippen LogP contribution < -0.4 is 16.4 Å². The predicted octanol–water partition coefficient (Wildman–Crippen LogP) is 4.14. The highest BCUT2D eigenvalue weighted by molar-refractivity contribution is 9.10. The summed E-state index contributed by atoms with van der Waals surface area (Å²) in [5, 5.41) is 18.6. The average Bonchev–Trinajstić information content (AvgIpc) is 3.41. The second-order valence-electron chi connectivity index (χ2n) is 6.40. The van der Waals surface area contributed by atoms with Gasteiger partial charge in [0, 0.05) is 31.0 Å². The summed E-state index contributed by atoms with van der Waals surface area (Å²) in [4.78, 5) is 17.4. The van der Waals surface area contributed by atoms with Crippen molar-refractivity contribution in [3.63, 3.8) is 0 Å². The second-order valence-corrected chi connectivity index (χ2v) is 7.99. The summed E-state index contributed by atoms with van der Waals surface area (Å²) in [6, 6.07) is 6.85. The average molecular weight is 538 g/mol. The normalized spacial score (nSPS) is 10.9. The number of nitrogens with one attached hydrogen (secondary N) is 2. The molecule has 0 unspecified atom stereocenters. The maximum absolute atomic E-state index is 13.2. The zero-order valence-corrected chi connectivity index (χ0v) is 19.5. The highest BCUT2D eigenvalue weighted by Crippen LogP contribution is 2.35. The van der Waals surface area contributed by atoms with Crippen LogP contribution in [0.2, 0.25) is 10.0 Å². The Morgan fingerprint density at radius 3 is 2.81 bits per heavy atom. The largest absolute Gasteiger partial charge is 0.403 e. The van der Waals surface area contributed by atoms with Gasteiger partial charge in [-0.05, 0) is 45.8 Å². The molecule has 0 aliphatic carbocycles. The first-order chi connectivity index (χ1) is 15.4. The van der Waals surface area contributed by atoms with Gasteiger partial charge < -0.3 is 20.8 Å². The van der Waals surface area contributed by atoms with Crippen molar-refractivity contribution >= 4 is 56.7 Å². The van der Waals surface area contributed by atoms with Gasteiger partial charge in [0.2, 0.25) is 0 Å². The summed E-state index contributed by atoms with van der Waals surface area (Å²) in [7, 11) is 1.65. The fourth-order valence-corrected chi connectivity index (χ4v) is 3.82. The Morgan fingerprint density at radius 1 is 1.31 bits per heavy atom. The van der Waals surface area contributed by atoms with Crippen LogP contribution in [0.1, 0.15) is 15.9 Å². The molecule has 10 nitrogen and oxygen atoms in total. The fraction of sp³-hybridized carbons (Fsp3) is 0.105. The van der Waals surface area contributed by atoms with Gasteiger partial charge >= 0.3 is 6.01 Å². The molecular formula is C19H15BrCl2N8O2. The van der Waals surface area contributed by atoms with E-state index in [0.29, 0.717) is 37.3 Å². The van der Waals surface area contributed by atoms with Gasteiger partial charge in [-0.15, -0.1) is 5.10 Å². The molecule has 0 atom stereocenters. The van der Waals surface area contributed by atoms with E-state index >= 15 is 0 Å². The first kappa shape index (κ1) is 22.2. The number of aromatic nitrogens is 5. The van der Waals surface area contributed by atoms with Crippen molar-refractivity contribution in [3.05, 3.63) is 62.4 Å². The van der Waals surface area contributed by atoms with E-state index in [2.05, 4.69) is 46.8 Å². The minimum atomic E-state index is -0.457. The number of carbonyl (C=O) groups excluding carboxylic acids is 1. The van der Waals surface area contributed by atoms with Crippen LogP contribution in [-0.2, 0) is 6.54 Å². The first-order valence-electron chi connectivity index (χ1n) is 9.12. The highest BCUT2D eigenvalue weighted by Gasteiger charge is 2.22. The standard InChI is InChI=1S/C19H15BrCl2N8O2/c1-24-19-28-27-18(32-19)11-6-10(21)5-9(7-23)14(11)26-17(31)12-8-30(29-15(12)20)16-13(22)3-2-4-25-16/h2-6,8H,7,23H2,1H3,(H,24,28)(H,26,31). The lowest BCUT2D eigenvalue weighted by molar-refractivity contribution is 0.102. The smallest absolute Gasteiger partial charge is 0.315 e. The fourth-order valence-electron chi connectivity index (χ4n) is 2.91. The van der Waals surface area contributed by atoms with Gasteiger partial charge in [0.15, 0.2) is 5.82 Å². The van der Waals surface area contributed by atoms with Gasteiger partial charge in [0.25, 0.3) is 11.8 Å². The topological polar surface area (TPSA) is 137 Å². The molecule has 0 saturated carbocycles. The van der Waals surface area contributed by atoms with Crippen LogP contribution >= 0.6 is 39.1 Å². The molecule has 4 N–H and O–H groups in total. The molecule has 4 aromatic rings. The summed E-state index contributed by atoms with van der Waals surface area (Å²) in [6.07, 6.45) is 3.09. The molecular weight excluding hydrogens is 523 g/mol. The third-order valence-electron chi connectivity index (χ3n) is 4.38. The van der Waals surface area contributed by atoms with E-state index in [9.17, 15) is 4.79 Å². The number of benzene rings is 1. The quantitative estimate of drug-likeness (QED) is 0.333. The summed E-state index contributed by atoms with van der Waals surface area (Å²) >= 11 is 15.8. The molecule has 0 radical (unpaired) electrons. The maximum Gasteiger partial charge on any atom is 0.315 e.